The number of guanidine groups is 1. The van der Waals surface area contributed by atoms with Gasteiger partial charge in [0.25, 0.3) is 0 Å². The molecule has 0 saturated heterocycles. The van der Waals surface area contributed by atoms with E-state index in [1.807, 2.05) is 0 Å². The molecule has 0 amide bonds. The summed E-state index contributed by atoms with van der Waals surface area (Å²) >= 11 is 0. The van der Waals surface area contributed by atoms with Gasteiger partial charge in [0, 0.05) is 6.54 Å². The van der Waals surface area contributed by atoms with E-state index in [1.54, 1.807) is 12.1 Å². The van der Waals surface area contributed by atoms with Gasteiger partial charge in [-0.15, -0.1) is 0 Å². The lowest BCUT2D eigenvalue weighted by Crippen LogP contribution is -2.33. The Morgan fingerprint density at radius 2 is 1.83 bits per heavy atom. The zero-order valence-electron chi connectivity index (χ0n) is 12.7. The Morgan fingerprint density at radius 3 is 2.39 bits per heavy atom. The van der Waals surface area contributed by atoms with E-state index in [9.17, 15) is 9.59 Å². The van der Waals surface area contributed by atoms with Gasteiger partial charge in [0.2, 0.25) is 0 Å². The van der Waals surface area contributed by atoms with Crippen LogP contribution in [0.2, 0.25) is 0 Å². The Balaban J connectivity index is 2.36. The Kier molecular flexibility index (Phi) is 7.34. The van der Waals surface area contributed by atoms with Gasteiger partial charge in [0.05, 0.1) is 12.7 Å². The molecule has 9 nitrogen and oxygen atoms in total. The van der Waals surface area contributed by atoms with Crippen molar-refractivity contribution in [2.45, 2.75) is 18.9 Å². The number of ether oxygens (including phenoxy) is 1. The van der Waals surface area contributed by atoms with E-state index in [2.05, 4.69) is 14.8 Å². The smallest absolute Gasteiger partial charge is 0.386 e. The molecule has 0 aliphatic carbocycles. The Hall–Kier alpha value is -2.81. The minimum Gasteiger partial charge on any atom is -0.497 e. The number of hydrogen-bond acceptors (Lipinski definition) is 7. The highest BCUT2D eigenvalue weighted by atomic mass is 17.2. The van der Waals surface area contributed by atoms with Gasteiger partial charge in [-0.2, -0.15) is 0 Å². The lowest BCUT2D eigenvalue weighted by Gasteiger charge is -2.09. The average Bonchev–Trinajstić information content (AvgIpc) is 2.55. The van der Waals surface area contributed by atoms with E-state index < -0.39 is 18.0 Å². The fraction of sp³-hybridized carbons (Fsp3) is 0.357. The predicted molar refractivity (Wildman–Crippen MR) is 82.4 cm³/mol. The molecule has 0 fully saturated rings. The van der Waals surface area contributed by atoms with E-state index in [-0.39, 0.29) is 17.9 Å². The van der Waals surface area contributed by atoms with Gasteiger partial charge < -0.3 is 21.9 Å². The van der Waals surface area contributed by atoms with Crippen molar-refractivity contribution < 1.29 is 24.1 Å². The number of carbonyl (C=O) groups is 2. The Labute approximate surface area is 133 Å². The van der Waals surface area contributed by atoms with Crippen LogP contribution in [-0.2, 0) is 14.6 Å². The summed E-state index contributed by atoms with van der Waals surface area (Å²) in [5.74, 6) is -1.11. The number of rotatable bonds is 7. The third-order valence-corrected chi connectivity index (χ3v) is 2.80. The number of carbonyl (C=O) groups excluding carboxylic acids is 2. The fourth-order valence-corrected chi connectivity index (χ4v) is 1.55. The van der Waals surface area contributed by atoms with Crippen LogP contribution in [0.1, 0.15) is 23.2 Å². The molecule has 0 aliphatic rings. The number of hydrogen-bond donors (Lipinski definition) is 3. The molecule has 0 radical (unpaired) electrons. The van der Waals surface area contributed by atoms with Gasteiger partial charge in [-0.25, -0.2) is 19.4 Å². The Bertz CT molecular complexity index is 555. The zero-order chi connectivity index (χ0) is 17.2. The minimum atomic E-state index is -0.937. The molecule has 0 spiro atoms. The summed E-state index contributed by atoms with van der Waals surface area (Å²) in [6.45, 7) is 0.342. The van der Waals surface area contributed by atoms with Crippen LogP contribution in [0.4, 0.5) is 0 Å². The standard InChI is InChI=1S/C14H20N4O5/c1-21-10-6-4-9(5-7-10)12(19)22-23-13(20)11(15)3-2-8-18-14(16)17/h4-7,11H,2-3,8,15H2,1H3,(H4,16,17,18). The minimum absolute atomic E-state index is 0.0328. The fourth-order valence-electron chi connectivity index (χ4n) is 1.55. The van der Waals surface area contributed by atoms with Crippen molar-refractivity contribution in [1.82, 2.24) is 0 Å². The third-order valence-electron chi connectivity index (χ3n) is 2.80. The first-order chi connectivity index (χ1) is 10.9. The lowest BCUT2D eigenvalue weighted by molar-refractivity contribution is -0.235. The lowest BCUT2D eigenvalue weighted by atomic mass is 10.2. The van der Waals surface area contributed by atoms with Crippen LogP contribution in [0.5, 0.6) is 5.75 Å². The second-order valence-corrected chi connectivity index (χ2v) is 4.56. The highest BCUT2D eigenvalue weighted by Gasteiger charge is 2.18. The van der Waals surface area contributed by atoms with E-state index in [1.165, 1.54) is 19.2 Å². The van der Waals surface area contributed by atoms with E-state index in [0.717, 1.165) is 0 Å². The first kappa shape index (κ1) is 18.2. The highest BCUT2D eigenvalue weighted by Crippen LogP contribution is 2.12. The summed E-state index contributed by atoms with van der Waals surface area (Å²) in [5, 5.41) is 0. The monoisotopic (exact) mass is 324 g/mol. The predicted octanol–water partition coefficient (Wildman–Crippen LogP) is -0.309. The number of nitrogens with two attached hydrogens (primary N) is 3. The van der Waals surface area contributed by atoms with Crippen LogP contribution < -0.4 is 21.9 Å². The van der Waals surface area contributed by atoms with E-state index in [4.69, 9.17) is 21.9 Å². The molecule has 1 atom stereocenters. The molecule has 0 aromatic heterocycles. The second kappa shape index (κ2) is 9.26. The van der Waals surface area contributed by atoms with Crippen molar-refractivity contribution in [3.8, 4) is 5.75 Å². The largest absolute Gasteiger partial charge is 0.497 e. The topological polar surface area (TPSA) is 152 Å². The maximum absolute atomic E-state index is 11.7. The molecule has 9 heteroatoms. The quantitative estimate of drug-likeness (QED) is 0.203. The van der Waals surface area contributed by atoms with Crippen molar-refractivity contribution >= 4 is 17.9 Å². The SMILES string of the molecule is COc1ccc(C(=O)OOC(=O)C(N)CCCN=C(N)N)cc1. The first-order valence-corrected chi connectivity index (χ1v) is 6.81. The van der Waals surface area contributed by atoms with Gasteiger partial charge in [-0.3, -0.25) is 4.99 Å². The van der Waals surface area contributed by atoms with Crippen LogP contribution in [-0.4, -0.2) is 37.6 Å². The zero-order valence-corrected chi connectivity index (χ0v) is 12.7. The molecule has 23 heavy (non-hydrogen) atoms. The molecule has 6 N–H and O–H groups in total. The van der Waals surface area contributed by atoms with Gasteiger partial charge in [-0.05, 0) is 37.1 Å². The van der Waals surface area contributed by atoms with Crippen LogP contribution >= 0.6 is 0 Å². The first-order valence-electron chi connectivity index (χ1n) is 6.81. The van der Waals surface area contributed by atoms with Crippen LogP contribution in [0.15, 0.2) is 29.3 Å². The molecule has 1 rings (SSSR count). The summed E-state index contributed by atoms with van der Waals surface area (Å²) in [6, 6.07) is 5.17. The van der Waals surface area contributed by atoms with Gasteiger partial charge in [0.1, 0.15) is 11.8 Å². The second-order valence-electron chi connectivity index (χ2n) is 4.56. The van der Waals surface area contributed by atoms with Crippen molar-refractivity contribution in [2.75, 3.05) is 13.7 Å². The molecule has 1 aromatic rings. The van der Waals surface area contributed by atoms with Crippen molar-refractivity contribution in [3.63, 3.8) is 0 Å². The maximum atomic E-state index is 11.7. The van der Waals surface area contributed by atoms with E-state index in [0.29, 0.717) is 18.7 Å². The normalized spacial score (nSPS) is 11.2. The van der Waals surface area contributed by atoms with Crippen LogP contribution in [0, 0.1) is 0 Å². The molecular weight excluding hydrogens is 304 g/mol. The molecule has 0 bridgehead atoms. The maximum Gasteiger partial charge on any atom is 0.386 e. The summed E-state index contributed by atoms with van der Waals surface area (Å²) in [4.78, 5) is 35.9. The highest BCUT2D eigenvalue weighted by molar-refractivity contribution is 5.89. The molecule has 1 aromatic carbocycles. The molecule has 0 heterocycles. The van der Waals surface area contributed by atoms with Crippen molar-refractivity contribution in [2.24, 2.45) is 22.2 Å². The number of nitrogens with zero attached hydrogens (tertiary/aromatic N) is 1. The Morgan fingerprint density at radius 1 is 1.17 bits per heavy atom. The molecule has 1 unspecified atom stereocenters. The molecule has 126 valence electrons. The van der Waals surface area contributed by atoms with E-state index >= 15 is 0 Å². The van der Waals surface area contributed by atoms with Gasteiger partial charge in [-0.1, -0.05) is 0 Å². The average molecular weight is 324 g/mol. The molecule has 0 aliphatic heterocycles. The third kappa shape index (κ3) is 6.66. The number of aliphatic imine (C=N–C) groups is 1. The van der Waals surface area contributed by atoms with Gasteiger partial charge >= 0.3 is 11.9 Å². The molecular formula is C14H20N4O5. The van der Waals surface area contributed by atoms with Gasteiger partial charge in [0.15, 0.2) is 5.96 Å². The number of methoxy groups -OCH3 is 1. The summed E-state index contributed by atoms with van der Waals surface area (Å²) in [5.41, 5.74) is 16.1. The summed E-state index contributed by atoms with van der Waals surface area (Å²) < 4.78 is 4.96. The van der Waals surface area contributed by atoms with Crippen LogP contribution in [0.3, 0.4) is 0 Å². The summed E-state index contributed by atoms with van der Waals surface area (Å²) in [7, 11) is 1.50. The van der Waals surface area contributed by atoms with Crippen LogP contribution in [0.25, 0.3) is 0 Å². The summed E-state index contributed by atoms with van der Waals surface area (Å²) in [6.07, 6.45) is 0.774. The van der Waals surface area contributed by atoms with Crippen molar-refractivity contribution in [1.29, 1.82) is 0 Å². The number of benzene rings is 1. The molecule has 0 saturated carbocycles. The van der Waals surface area contributed by atoms with Crippen molar-refractivity contribution in [3.05, 3.63) is 29.8 Å².